The number of rotatable bonds is 4. The van der Waals surface area contributed by atoms with E-state index in [1.165, 1.54) is 0 Å². The highest BCUT2D eigenvalue weighted by molar-refractivity contribution is 5.81. The van der Waals surface area contributed by atoms with Gasteiger partial charge in [0.2, 0.25) is 0 Å². The number of amides is 1. The molecule has 5 nitrogen and oxygen atoms in total. The van der Waals surface area contributed by atoms with Crippen molar-refractivity contribution in [1.29, 1.82) is 0 Å². The molecule has 0 bridgehead atoms. The van der Waals surface area contributed by atoms with Crippen molar-refractivity contribution in [2.24, 2.45) is 0 Å². The highest BCUT2D eigenvalue weighted by atomic mass is 16.5. The smallest absolute Gasteiger partial charge is 0.263 e. The van der Waals surface area contributed by atoms with Crippen LogP contribution in [0.2, 0.25) is 0 Å². The molecule has 2 rings (SSSR count). The lowest BCUT2D eigenvalue weighted by Gasteiger charge is -2.20. The Hall–Kier alpha value is -1.52. The van der Waals surface area contributed by atoms with Crippen LogP contribution in [0.3, 0.4) is 0 Å². The van der Waals surface area contributed by atoms with Crippen LogP contribution in [0.1, 0.15) is 39.7 Å². The van der Waals surface area contributed by atoms with Crippen molar-refractivity contribution in [3.8, 4) is 5.75 Å². The van der Waals surface area contributed by atoms with E-state index in [0.29, 0.717) is 11.8 Å². The fourth-order valence-corrected chi connectivity index (χ4v) is 2.11. The van der Waals surface area contributed by atoms with Gasteiger partial charge in [-0.15, -0.1) is 0 Å². The van der Waals surface area contributed by atoms with Crippen molar-refractivity contribution in [3.05, 3.63) is 12.4 Å². The van der Waals surface area contributed by atoms with Crippen LogP contribution >= 0.6 is 0 Å². The Morgan fingerprint density at radius 2 is 2.00 bits per heavy atom. The summed E-state index contributed by atoms with van der Waals surface area (Å²) in [6.45, 7) is 7.62. The normalized spacial score (nSPS) is 17.2. The highest BCUT2D eigenvalue weighted by Gasteiger charge is 2.24. The summed E-state index contributed by atoms with van der Waals surface area (Å²) in [5, 5.41) is 4.19. The third-order valence-electron chi connectivity index (χ3n) is 3.19. The highest BCUT2D eigenvalue weighted by Crippen LogP contribution is 2.16. The topological polar surface area (TPSA) is 47.4 Å². The number of hydrogen-bond acceptors (Lipinski definition) is 3. The van der Waals surface area contributed by atoms with E-state index in [-0.39, 0.29) is 5.91 Å². The first-order valence-electron chi connectivity index (χ1n) is 6.57. The van der Waals surface area contributed by atoms with Gasteiger partial charge in [-0.2, -0.15) is 5.10 Å². The lowest BCUT2D eigenvalue weighted by molar-refractivity contribution is -0.136. The van der Waals surface area contributed by atoms with Crippen LogP contribution < -0.4 is 4.74 Å². The van der Waals surface area contributed by atoms with Crippen LogP contribution in [0.4, 0.5) is 0 Å². The predicted molar refractivity (Wildman–Crippen MR) is 68.5 cm³/mol. The van der Waals surface area contributed by atoms with Gasteiger partial charge in [-0.1, -0.05) is 0 Å². The Morgan fingerprint density at radius 1 is 1.33 bits per heavy atom. The van der Waals surface area contributed by atoms with Crippen LogP contribution in [0.25, 0.3) is 0 Å². The summed E-state index contributed by atoms with van der Waals surface area (Å²) < 4.78 is 7.47. The van der Waals surface area contributed by atoms with Gasteiger partial charge < -0.3 is 9.64 Å². The molecule has 0 spiro atoms. The van der Waals surface area contributed by atoms with Crippen molar-refractivity contribution in [2.45, 2.75) is 45.8 Å². The molecule has 2 heterocycles. The minimum absolute atomic E-state index is 0.0739. The minimum Gasteiger partial charge on any atom is -0.478 e. The zero-order chi connectivity index (χ0) is 13.1. The summed E-state index contributed by atoms with van der Waals surface area (Å²) in [5.74, 6) is 0.730. The molecule has 0 saturated carbocycles. The summed E-state index contributed by atoms with van der Waals surface area (Å²) in [7, 11) is 0. The summed E-state index contributed by atoms with van der Waals surface area (Å²) in [5.41, 5.74) is 0. The van der Waals surface area contributed by atoms with E-state index in [0.717, 1.165) is 25.9 Å². The third kappa shape index (κ3) is 2.83. The second-order valence-corrected chi connectivity index (χ2v) is 5.04. The number of ether oxygens (including phenoxy) is 1. The minimum atomic E-state index is -0.437. The second kappa shape index (κ2) is 5.42. The lowest BCUT2D eigenvalue weighted by atomic mass is 10.3. The van der Waals surface area contributed by atoms with E-state index in [1.54, 1.807) is 13.1 Å². The maximum atomic E-state index is 12.1. The van der Waals surface area contributed by atoms with Gasteiger partial charge in [-0.05, 0) is 33.6 Å². The number of carbonyl (C=O) groups is 1. The molecule has 18 heavy (non-hydrogen) atoms. The summed E-state index contributed by atoms with van der Waals surface area (Å²) >= 11 is 0. The maximum absolute atomic E-state index is 12.1. The van der Waals surface area contributed by atoms with Gasteiger partial charge in [-0.25, -0.2) is 0 Å². The standard InChI is InChI=1S/C13H21N3O2/c1-10(2)16-9-12(8-14-16)18-11(3)13(17)15-6-4-5-7-15/h8-11H,4-7H2,1-3H3. The fourth-order valence-electron chi connectivity index (χ4n) is 2.11. The van der Waals surface area contributed by atoms with Gasteiger partial charge in [0.1, 0.15) is 0 Å². The van der Waals surface area contributed by atoms with E-state index in [4.69, 9.17) is 4.74 Å². The van der Waals surface area contributed by atoms with Crippen molar-refractivity contribution >= 4 is 5.91 Å². The molecule has 0 aromatic carbocycles. The predicted octanol–water partition coefficient (Wildman–Crippen LogP) is 1.85. The Morgan fingerprint density at radius 3 is 2.56 bits per heavy atom. The molecule has 0 aliphatic carbocycles. The van der Waals surface area contributed by atoms with Gasteiger partial charge in [0.15, 0.2) is 11.9 Å². The molecule has 1 aromatic heterocycles. The first-order valence-corrected chi connectivity index (χ1v) is 6.57. The van der Waals surface area contributed by atoms with Crippen LogP contribution in [0.5, 0.6) is 5.75 Å². The molecule has 5 heteroatoms. The number of likely N-dealkylation sites (tertiary alicyclic amines) is 1. The van der Waals surface area contributed by atoms with E-state index < -0.39 is 6.10 Å². The van der Waals surface area contributed by atoms with E-state index in [1.807, 2.05) is 15.8 Å². The molecule has 1 atom stereocenters. The van der Waals surface area contributed by atoms with Crippen LogP contribution in [-0.2, 0) is 4.79 Å². The molecular weight excluding hydrogens is 230 g/mol. The molecule has 100 valence electrons. The van der Waals surface area contributed by atoms with Crippen LogP contribution in [-0.4, -0.2) is 39.8 Å². The zero-order valence-electron chi connectivity index (χ0n) is 11.3. The van der Waals surface area contributed by atoms with Gasteiger partial charge in [-0.3, -0.25) is 9.48 Å². The molecule has 1 saturated heterocycles. The second-order valence-electron chi connectivity index (χ2n) is 5.04. The van der Waals surface area contributed by atoms with Crippen molar-refractivity contribution in [1.82, 2.24) is 14.7 Å². The maximum Gasteiger partial charge on any atom is 0.263 e. The molecule has 1 fully saturated rings. The largest absolute Gasteiger partial charge is 0.478 e. The average Bonchev–Trinajstić information content (AvgIpc) is 2.98. The third-order valence-corrected chi connectivity index (χ3v) is 3.19. The van der Waals surface area contributed by atoms with Gasteiger partial charge in [0, 0.05) is 19.1 Å². The first-order chi connectivity index (χ1) is 8.58. The molecular formula is C13H21N3O2. The van der Waals surface area contributed by atoms with Gasteiger partial charge >= 0.3 is 0 Å². The SMILES string of the molecule is CC(Oc1cnn(C(C)C)c1)C(=O)N1CCCC1. The Bertz CT molecular complexity index is 408. The monoisotopic (exact) mass is 251 g/mol. The van der Waals surface area contributed by atoms with Crippen molar-refractivity contribution < 1.29 is 9.53 Å². The molecule has 1 aromatic rings. The van der Waals surface area contributed by atoms with E-state index in [2.05, 4.69) is 18.9 Å². The first kappa shape index (κ1) is 12.9. The molecule has 1 amide bonds. The number of aromatic nitrogens is 2. The zero-order valence-corrected chi connectivity index (χ0v) is 11.3. The van der Waals surface area contributed by atoms with Crippen molar-refractivity contribution in [3.63, 3.8) is 0 Å². The molecule has 1 unspecified atom stereocenters. The molecule has 1 aliphatic heterocycles. The van der Waals surface area contributed by atoms with E-state index >= 15 is 0 Å². The molecule has 0 N–H and O–H groups in total. The Balaban J connectivity index is 1.93. The van der Waals surface area contributed by atoms with Gasteiger partial charge in [0.05, 0.1) is 12.4 Å². The van der Waals surface area contributed by atoms with Crippen LogP contribution in [0.15, 0.2) is 12.4 Å². The quantitative estimate of drug-likeness (QED) is 0.820. The lowest BCUT2D eigenvalue weighted by Crippen LogP contribution is -2.38. The number of carbonyl (C=O) groups excluding carboxylic acids is 1. The number of hydrogen-bond donors (Lipinski definition) is 0. The average molecular weight is 251 g/mol. The molecule has 0 radical (unpaired) electrons. The molecule has 1 aliphatic rings. The van der Waals surface area contributed by atoms with Crippen LogP contribution in [0, 0.1) is 0 Å². The Kier molecular flexibility index (Phi) is 3.89. The van der Waals surface area contributed by atoms with Crippen molar-refractivity contribution in [2.75, 3.05) is 13.1 Å². The van der Waals surface area contributed by atoms with E-state index in [9.17, 15) is 4.79 Å². The number of nitrogens with zero attached hydrogens (tertiary/aromatic N) is 3. The summed E-state index contributed by atoms with van der Waals surface area (Å²) in [6, 6.07) is 0.298. The fraction of sp³-hybridized carbons (Fsp3) is 0.692. The van der Waals surface area contributed by atoms with Gasteiger partial charge in [0.25, 0.3) is 5.91 Å². The summed E-state index contributed by atoms with van der Waals surface area (Å²) in [4.78, 5) is 13.9. The Labute approximate surface area is 108 Å². The summed E-state index contributed by atoms with van der Waals surface area (Å²) in [6.07, 6.45) is 5.26.